The van der Waals surface area contributed by atoms with Gasteiger partial charge in [0.1, 0.15) is 0 Å². The van der Waals surface area contributed by atoms with E-state index >= 15 is 0 Å². The molecule has 8 heteroatoms. The van der Waals surface area contributed by atoms with E-state index in [-0.39, 0.29) is 30.0 Å². The lowest BCUT2D eigenvalue weighted by atomic mass is 9.62. The van der Waals surface area contributed by atoms with E-state index in [0.29, 0.717) is 12.8 Å². The van der Waals surface area contributed by atoms with Gasteiger partial charge in [-0.1, -0.05) is 48.5 Å². The van der Waals surface area contributed by atoms with Crippen LogP contribution < -0.4 is 10.6 Å². The number of nitrogens with zero attached hydrogens (tertiary/aromatic N) is 1. The number of hydrogen-bond acceptors (Lipinski definition) is 4. The number of carbonyl (C=O) groups excluding carboxylic acids is 1. The highest BCUT2D eigenvalue weighted by molar-refractivity contribution is 5.88. The maximum absolute atomic E-state index is 14.4. The number of nitrogens with one attached hydrogen (secondary N) is 2. The van der Waals surface area contributed by atoms with Crippen molar-refractivity contribution < 1.29 is 22.7 Å². The van der Waals surface area contributed by atoms with E-state index in [1.54, 1.807) is 6.07 Å². The van der Waals surface area contributed by atoms with Crippen LogP contribution >= 0.6 is 0 Å². The maximum atomic E-state index is 14.4. The summed E-state index contributed by atoms with van der Waals surface area (Å²) in [6.45, 7) is 2.21. The van der Waals surface area contributed by atoms with Crippen molar-refractivity contribution in [3.8, 4) is 0 Å². The van der Waals surface area contributed by atoms with Crippen molar-refractivity contribution in [2.45, 2.75) is 37.0 Å². The Labute approximate surface area is 198 Å². The fourth-order valence-electron chi connectivity index (χ4n) is 5.82. The summed E-state index contributed by atoms with van der Waals surface area (Å²) in [5.41, 5.74) is -1.00. The molecule has 2 aromatic carbocycles. The minimum absolute atomic E-state index is 0.0737. The maximum Gasteiger partial charge on any atom is 0.430 e. The lowest BCUT2D eigenvalue weighted by molar-refractivity contribution is -0.271. The Kier molecular flexibility index (Phi) is 6.92. The topological polar surface area (TPSA) is 53.6 Å². The Morgan fingerprint density at radius 1 is 1.06 bits per heavy atom. The van der Waals surface area contributed by atoms with Crippen molar-refractivity contribution in [3.63, 3.8) is 0 Å². The number of carbonyl (C=O) groups is 1. The van der Waals surface area contributed by atoms with Crippen molar-refractivity contribution in [2.24, 2.45) is 5.41 Å². The Morgan fingerprint density at radius 2 is 1.71 bits per heavy atom. The van der Waals surface area contributed by atoms with Gasteiger partial charge in [0.25, 0.3) is 11.5 Å². The highest BCUT2D eigenvalue weighted by Crippen LogP contribution is 2.51. The molecule has 34 heavy (non-hydrogen) atoms. The average molecular weight is 476 g/mol. The molecule has 0 saturated carbocycles. The van der Waals surface area contributed by atoms with Gasteiger partial charge in [-0.3, -0.25) is 4.79 Å². The lowest BCUT2D eigenvalue weighted by Crippen LogP contribution is -2.59. The fraction of sp³-hybridized carbons (Fsp3) is 0.500. The zero-order valence-electron chi connectivity index (χ0n) is 19.6. The Hall–Kier alpha value is -2.58. The first-order valence-electron chi connectivity index (χ1n) is 11.7. The van der Waals surface area contributed by atoms with Crippen LogP contribution in [0.3, 0.4) is 0 Å². The van der Waals surface area contributed by atoms with Crippen LogP contribution in [-0.4, -0.2) is 57.3 Å². The molecule has 0 unspecified atom stereocenters. The third-order valence-corrected chi connectivity index (χ3v) is 7.73. The van der Waals surface area contributed by atoms with E-state index in [4.69, 9.17) is 4.74 Å². The van der Waals surface area contributed by atoms with Gasteiger partial charge >= 0.3 is 6.18 Å². The molecule has 2 fully saturated rings. The predicted molar refractivity (Wildman–Crippen MR) is 126 cm³/mol. The quantitative estimate of drug-likeness (QED) is 0.668. The van der Waals surface area contributed by atoms with Gasteiger partial charge in [-0.2, -0.15) is 13.2 Å². The molecule has 2 aliphatic heterocycles. The summed E-state index contributed by atoms with van der Waals surface area (Å²) in [6.07, 6.45) is -2.67. The van der Waals surface area contributed by atoms with Crippen LogP contribution in [-0.2, 0) is 15.1 Å². The van der Waals surface area contributed by atoms with Crippen LogP contribution in [0, 0.1) is 5.41 Å². The van der Waals surface area contributed by atoms with Crippen LogP contribution in [0.4, 0.5) is 18.9 Å². The highest BCUT2D eigenvalue weighted by Gasteiger charge is 2.64. The number of likely N-dealkylation sites (tertiary alicyclic amines) is 1. The molecule has 0 radical (unpaired) electrons. The van der Waals surface area contributed by atoms with Gasteiger partial charge in [0, 0.05) is 51.0 Å². The van der Waals surface area contributed by atoms with Gasteiger partial charge in [0.05, 0.1) is 0 Å². The van der Waals surface area contributed by atoms with Gasteiger partial charge in [-0.15, -0.1) is 0 Å². The van der Waals surface area contributed by atoms with Gasteiger partial charge in [0.15, 0.2) is 0 Å². The molecule has 1 spiro atoms. The van der Waals surface area contributed by atoms with E-state index in [1.165, 1.54) is 34.7 Å². The van der Waals surface area contributed by atoms with Gasteiger partial charge < -0.3 is 20.3 Å². The van der Waals surface area contributed by atoms with Crippen molar-refractivity contribution in [3.05, 3.63) is 65.7 Å². The molecule has 0 bridgehead atoms. The second-order valence-corrected chi connectivity index (χ2v) is 9.25. The van der Waals surface area contributed by atoms with Crippen LogP contribution in [0.2, 0.25) is 0 Å². The van der Waals surface area contributed by atoms with Gasteiger partial charge in [-0.25, -0.2) is 0 Å². The molecule has 5 nitrogen and oxygen atoms in total. The fourth-order valence-corrected chi connectivity index (χ4v) is 5.82. The van der Waals surface area contributed by atoms with E-state index in [1.807, 2.05) is 25.2 Å². The second-order valence-electron chi connectivity index (χ2n) is 9.25. The number of piperidine rings is 2. The third-order valence-electron chi connectivity index (χ3n) is 7.73. The number of ether oxygens (including phenoxy) is 1. The van der Waals surface area contributed by atoms with Gasteiger partial charge in [0.2, 0.25) is 0 Å². The lowest BCUT2D eigenvalue weighted by Gasteiger charge is -2.51. The Balaban J connectivity index is 1.61. The number of hydrogen-bond donors (Lipinski definition) is 2. The Bertz CT molecular complexity index is 990. The summed E-state index contributed by atoms with van der Waals surface area (Å²) in [7, 11) is 2.86. The van der Waals surface area contributed by atoms with Crippen LogP contribution in [0.15, 0.2) is 54.6 Å². The molecular formula is C26H32F3N3O2. The van der Waals surface area contributed by atoms with E-state index in [0.717, 1.165) is 32.3 Å². The SMILES string of the molecule is CNc1ccccc1[C@H]1CNCCC12CCN(C(=O)[C@](OC)(c1ccccc1)C(F)(F)F)CC2. The summed E-state index contributed by atoms with van der Waals surface area (Å²) in [6, 6.07) is 15.4. The van der Waals surface area contributed by atoms with Crippen molar-refractivity contribution in [1.82, 2.24) is 10.2 Å². The third kappa shape index (κ3) is 4.07. The molecule has 4 rings (SSSR count). The summed E-state index contributed by atoms with van der Waals surface area (Å²) < 4.78 is 48.2. The first-order valence-corrected chi connectivity index (χ1v) is 11.7. The number of benzene rings is 2. The van der Waals surface area contributed by atoms with Crippen LogP contribution in [0.5, 0.6) is 0 Å². The summed E-state index contributed by atoms with van der Waals surface area (Å²) >= 11 is 0. The van der Waals surface area contributed by atoms with Crippen LogP contribution in [0.25, 0.3) is 0 Å². The van der Waals surface area contributed by atoms with E-state index in [2.05, 4.69) is 16.7 Å². The van der Waals surface area contributed by atoms with E-state index < -0.39 is 17.7 Å². The number of para-hydroxylation sites is 1. The summed E-state index contributed by atoms with van der Waals surface area (Å²) in [5.74, 6) is -0.823. The minimum Gasteiger partial charge on any atom is -0.388 e. The molecule has 184 valence electrons. The molecule has 2 atom stereocenters. The largest absolute Gasteiger partial charge is 0.430 e. The average Bonchev–Trinajstić information content (AvgIpc) is 2.85. The molecule has 0 aliphatic carbocycles. The molecule has 2 N–H and O–H groups in total. The number of alkyl halides is 3. The van der Waals surface area contributed by atoms with Crippen molar-refractivity contribution >= 4 is 11.6 Å². The number of methoxy groups -OCH3 is 1. The normalized spacial score (nSPS) is 22.3. The summed E-state index contributed by atoms with van der Waals surface area (Å²) in [4.78, 5) is 14.8. The standard InChI is InChI=1S/C26H32F3N3O2/c1-30-22-11-7-6-10-20(22)21-18-31-15-12-24(21)13-16-32(17-14-24)23(33)25(34-2,26(27,28)29)19-8-4-3-5-9-19/h3-11,21,30-31H,12-18H2,1-2H3/t21-,25-/m1/s1. The first kappa shape index (κ1) is 24.5. The van der Waals surface area contributed by atoms with E-state index in [9.17, 15) is 18.0 Å². The minimum atomic E-state index is -4.89. The number of halogens is 3. The molecule has 2 saturated heterocycles. The molecule has 2 heterocycles. The smallest absolute Gasteiger partial charge is 0.388 e. The molecule has 1 amide bonds. The molecule has 2 aliphatic rings. The molecule has 2 aromatic rings. The van der Waals surface area contributed by atoms with Crippen molar-refractivity contribution in [1.29, 1.82) is 0 Å². The highest BCUT2D eigenvalue weighted by atomic mass is 19.4. The van der Waals surface area contributed by atoms with Crippen LogP contribution in [0.1, 0.15) is 36.3 Å². The van der Waals surface area contributed by atoms with Crippen molar-refractivity contribution in [2.75, 3.05) is 45.7 Å². The molecule has 0 aromatic heterocycles. The number of rotatable bonds is 5. The number of amides is 1. The zero-order chi connectivity index (χ0) is 24.4. The predicted octanol–water partition coefficient (Wildman–Crippen LogP) is 4.52. The first-order chi connectivity index (χ1) is 16.3. The summed E-state index contributed by atoms with van der Waals surface area (Å²) in [5, 5.41) is 6.76. The molecular weight excluding hydrogens is 443 g/mol. The zero-order valence-corrected chi connectivity index (χ0v) is 19.6. The van der Waals surface area contributed by atoms with Gasteiger partial charge in [-0.05, 0) is 42.9 Å². The second kappa shape index (κ2) is 9.58. The monoisotopic (exact) mass is 475 g/mol. The Morgan fingerprint density at radius 3 is 2.32 bits per heavy atom. The number of anilines is 1.